The highest BCUT2D eigenvalue weighted by atomic mass is 127. The molecule has 0 fully saturated rings. The van der Waals surface area contributed by atoms with Crippen LogP contribution in [0, 0.1) is 10.5 Å². The van der Waals surface area contributed by atoms with Gasteiger partial charge in [-0.1, -0.05) is 18.2 Å². The zero-order valence-corrected chi connectivity index (χ0v) is 13.4. The second kappa shape index (κ2) is 6.34. The molecule has 2 aromatic rings. The maximum absolute atomic E-state index is 5.25. The van der Waals surface area contributed by atoms with Gasteiger partial charge in [-0.25, -0.2) is 0 Å². The van der Waals surface area contributed by atoms with E-state index in [2.05, 4.69) is 58.0 Å². The van der Waals surface area contributed by atoms with Crippen LogP contribution in [0.15, 0.2) is 36.7 Å². The molecule has 19 heavy (non-hydrogen) atoms. The summed E-state index contributed by atoms with van der Waals surface area (Å²) < 4.78 is 6.53. The van der Waals surface area contributed by atoms with Crippen LogP contribution >= 0.6 is 22.6 Å². The van der Waals surface area contributed by atoms with E-state index in [1.54, 1.807) is 13.3 Å². The van der Waals surface area contributed by atoms with Crippen molar-refractivity contribution in [3.8, 4) is 5.75 Å². The van der Waals surface area contributed by atoms with Crippen LogP contribution in [0.25, 0.3) is 0 Å². The van der Waals surface area contributed by atoms with Crippen LogP contribution in [-0.4, -0.2) is 19.1 Å². The number of halogens is 1. The van der Waals surface area contributed by atoms with Crippen LogP contribution in [0.5, 0.6) is 5.75 Å². The molecule has 0 aliphatic rings. The lowest BCUT2D eigenvalue weighted by atomic mass is 9.99. The third-order valence-electron chi connectivity index (χ3n) is 3.12. The Morgan fingerprint density at radius 2 is 2.11 bits per heavy atom. The highest BCUT2D eigenvalue weighted by Gasteiger charge is 2.16. The van der Waals surface area contributed by atoms with E-state index in [1.807, 2.05) is 19.3 Å². The van der Waals surface area contributed by atoms with Gasteiger partial charge in [-0.05, 0) is 59.3 Å². The highest BCUT2D eigenvalue weighted by molar-refractivity contribution is 14.1. The fourth-order valence-electron chi connectivity index (χ4n) is 2.10. The summed E-state index contributed by atoms with van der Waals surface area (Å²) in [5, 5.41) is 3.35. The molecule has 1 aromatic heterocycles. The lowest BCUT2D eigenvalue weighted by Gasteiger charge is -2.19. The summed E-state index contributed by atoms with van der Waals surface area (Å²) in [5.74, 6) is 0.778. The Morgan fingerprint density at radius 1 is 1.32 bits per heavy atom. The molecule has 0 saturated carbocycles. The highest BCUT2D eigenvalue weighted by Crippen LogP contribution is 2.28. The van der Waals surface area contributed by atoms with Gasteiger partial charge in [0, 0.05) is 9.77 Å². The normalized spacial score (nSPS) is 12.2. The fourth-order valence-corrected chi connectivity index (χ4v) is 2.77. The molecular formula is C15H17IN2O. The van der Waals surface area contributed by atoms with Crippen LogP contribution < -0.4 is 10.1 Å². The zero-order valence-electron chi connectivity index (χ0n) is 11.3. The molecular weight excluding hydrogens is 351 g/mol. The first kappa shape index (κ1) is 14.3. The molecule has 4 heteroatoms. The Bertz CT molecular complexity index is 572. The van der Waals surface area contributed by atoms with E-state index in [1.165, 1.54) is 14.7 Å². The number of aromatic nitrogens is 1. The van der Waals surface area contributed by atoms with Gasteiger partial charge in [0.25, 0.3) is 0 Å². The summed E-state index contributed by atoms with van der Waals surface area (Å²) in [4.78, 5) is 4.23. The number of pyridine rings is 1. The number of nitrogens with one attached hydrogen (secondary N) is 1. The van der Waals surface area contributed by atoms with Crippen LogP contribution in [0.1, 0.15) is 22.7 Å². The number of nitrogens with zero attached hydrogens (tertiary/aromatic N) is 1. The number of methoxy groups -OCH3 is 1. The summed E-state index contributed by atoms with van der Waals surface area (Å²) in [6, 6.07) is 8.50. The molecule has 1 atom stereocenters. The van der Waals surface area contributed by atoms with Crippen molar-refractivity contribution >= 4 is 22.6 Å². The minimum atomic E-state index is 0.120. The predicted octanol–water partition coefficient (Wildman–Crippen LogP) is 3.31. The predicted molar refractivity (Wildman–Crippen MR) is 85.6 cm³/mol. The Balaban J connectivity index is 2.46. The minimum Gasteiger partial charge on any atom is -0.495 e. The molecule has 100 valence electrons. The standard InChI is InChI=1S/C15H17IN2O/c1-10-5-4-6-13(14(10)16)15(17-2)11-7-12(19-3)9-18-8-11/h4-9,15,17H,1-3H3. The summed E-state index contributed by atoms with van der Waals surface area (Å²) in [6.45, 7) is 2.13. The Hall–Kier alpha value is -1.14. The topological polar surface area (TPSA) is 34.2 Å². The van der Waals surface area contributed by atoms with Gasteiger partial charge < -0.3 is 10.1 Å². The van der Waals surface area contributed by atoms with E-state index in [0.717, 1.165) is 11.3 Å². The third-order valence-corrected chi connectivity index (χ3v) is 4.60. The summed E-state index contributed by atoms with van der Waals surface area (Å²) in [5.41, 5.74) is 3.65. The largest absolute Gasteiger partial charge is 0.495 e. The lowest BCUT2D eigenvalue weighted by Crippen LogP contribution is -2.19. The van der Waals surface area contributed by atoms with Crippen molar-refractivity contribution in [2.24, 2.45) is 0 Å². The molecule has 0 spiro atoms. The molecule has 0 aliphatic heterocycles. The summed E-state index contributed by atoms with van der Waals surface area (Å²) in [6.07, 6.45) is 3.60. The lowest BCUT2D eigenvalue weighted by molar-refractivity contribution is 0.411. The fraction of sp³-hybridized carbons (Fsp3) is 0.267. The SMILES string of the molecule is CNC(c1cncc(OC)c1)c1cccc(C)c1I. The second-order valence-corrected chi connectivity index (χ2v) is 5.44. The first-order chi connectivity index (χ1) is 9.17. The van der Waals surface area contributed by atoms with Crippen molar-refractivity contribution < 1.29 is 4.74 Å². The van der Waals surface area contributed by atoms with E-state index >= 15 is 0 Å². The Labute approximate surface area is 127 Å². The minimum absolute atomic E-state index is 0.120. The van der Waals surface area contributed by atoms with Crippen molar-refractivity contribution in [1.29, 1.82) is 0 Å². The van der Waals surface area contributed by atoms with Gasteiger partial charge in [-0.2, -0.15) is 0 Å². The van der Waals surface area contributed by atoms with E-state index in [9.17, 15) is 0 Å². The van der Waals surface area contributed by atoms with E-state index in [4.69, 9.17) is 4.74 Å². The molecule has 0 aliphatic carbocycles. The van der Waals surface area contributed by atoms with Crippen LogP contribution in [-0.2, 0) is 0 Å². The number of benzene rings is 1. The molecule has 3 nitrogen and oxygen atoms in total. The van der Waals surface area contributed by atoms with Crippen molar-refractivity contribution in [2.75, 3.05) is 14.2 Å². The molecule has 0 saturated heterocycles. The smallest absolute Gasteiger partial charge is 0.137 e. The van der Waals surface area contributed by atoms with Crippen molar-refractivity contribution in [3.05, 3.63) is 56.9 Å². The molecule has 0 amide bonds. The zero-order chi connectivity index (χ0) is 13.8. The van der Waals surface area contributed by atoms with Gasteiger partial charge in [0.2, 0.25) is 0 Å². The number of hydrogen-bond donors (Lipinski definition) is 1. The molecule has 0 radical (unpaired) electrons. The third kappa shape index (κ3) is 3.06. The second-order valence-electron chi connectivity index (χ2n) is 4.36. The first-order valence-electron chi connectivity index (χ1n) is 6.08. The molecule has 1 N–H and O–H groups in total. The number of hydrogen-bond acceptors (Lipinski definition) is 3. The van der Waals surface area contributed by atoms with E-state index < -0.39 is 0 Å². The maximum atomic E-state index is 5.25. The molecule has 0 bridgehead atoms. The average Bonchev–Trinajstić information content (AvgIpc) is 2.44. The summed E-state index contributed by atoms with van der Waals surface area (Å²) >= 11 is 2.40. The monoisotopic (exact) mass is 368 g/mol. The molecule has 2 rings (SSSR count). The van der Waals surface area contributed by atoms with Gasteiger partial charge in [0.15, 0.2) is 0 Å². The van der Waals surface area contributed by atoms with E-state index in [-0.39, 0.29) is 6.04 Å². The number of aryl methyl sites for hydroxylation is 1. The number of ether oxygens (including phenoxy) is 1. The Morgan fingerprint density at radius 3 is 2.79 bits per heavy atom. The van der Waals surface area contributed by atoms with Gasteiger partial charge in [0.05, 0.1) is 19.3 Å². The first-order valence-corrected chi connectivity index (χ1v) is 7.16. The van der Waals surface area contributed by atoms with Crippen LogP contribution in [0.4, 0.5) is 0 Å². The maximum Gasteiger partial charge on any atom is 0.137 e. The van der Waals surface area contributed by atoms with E-state index in [0.29, 0.717) is 0 Å². The number of rotatable bonds is 4. The Kier molecular flexibility index (Phi) is 4.76. The van der Waals surface area contributed by atoms with Crippen LogP contribution in [0.3, 0.4) is 0 Å². The van der Waals surface area contributed by atoms with Crippen molar-refractivity contribution in [1.82, 2.24) is 10.3 Å². The van der Waals surface area contributed by atoms with Gasteiger partial charge in [0.1, 0.15) is 5.75 Å². The molecule has 1 aromatic carbocycles. The summed E-state index contributed by atoms with van der Waals surface area (Å²) in [7, 11) is 3.62. The average molecular weight is 368 g/mol. The van der Waals surface area contributed by atoms with Gasteiger partial charge in [-0.3, -0.25) is 4.98 Å². The van der Waals surface area contributed by atoms with Crippen molar-refractivity contribution in [2.45, 2.75) is 13.0 Å². The van der Waals surface area contributed by atoms with Crippen molar-refractivity contribution in [3.63, 3.8) is 0 Å². The molecule has 1 unspecified atom stereocenters. The van der Waals surface area contributed by atoms with Gasteiger partial charge >= 0.3 is 0 Å². The quantitative estimate of drug-likeness (QED) is 0.841. The van der Waals surface area contributed by atoms with Crippen LogP contribution in [0.2, 0.25) is 0 Å². The molecule has 1 heterocycles. The van der Waals surface area contributed by atoms with Gasteiger partial charge in [-0.15, -0.1) is 0 Å².